The zero-order valence-corrected chi connectivity index (χ0v) is 8.68. The van der Waals surface area contributed by atoms with Gasteiger partial charge >= 0.3 is 0 Å². The van der Waals surface area contributed by atoms with Gasteiger partial charge in [0, 0.05) is 6.04 Å². The Morgan fingerprint density at radius 3 is 2.93 bits per heavy atom. The molecule has 0 amide bonds. The van der Waals surface area contributed by atoms with Crippen molar-refractivity contribution in [1.82, 2.24) is 5.32 Å². The van der Waals surface area contributed by atoms with Gasteiger partial charge in [0.2, 0.25) is 0 Å². The lowest BCUT2D eigenvalue weighted by Gasteiger charge is -2.29. The highest BCUT2D eigenvalue weighted by Crippen LogP contribution is 2.28. The second-order valence-corrected chi connectivity index (χ2v) is 4.27. The Hall–Kier alpha value is -0.890. The fourth-order valence-corrected chi connectivity index (χ4v) is 2.15. The summed E-state index contributed by atoms with van der Waals surface area (Å²) in [6, 6.07) is 5.46. The van der Waals surface area contributed by atoms with Gasteiger partial charge < -0.3 is 5.32 Å². The van der Waals surface area contributed by atoms with Crippen molar-refractivity contribution in [1.29, 1.82) is 0 Å². The van der Waals surface area contributed by atoms with E-state index in [2.05, 4.69) is 19.2 Å². The number of rotatable bonds is 1. The number of benzene rings is 1. The average Bonchev–Trinajstić information content (AvgIpc) is 2.16. The standard InChI is InChI=1S/C12H16FN/c1-8(2)12-11-7-10(13)4-3-9(11)5-6-14-12/h3-4,7-8,12,14H,5-6H2,1-2H3/t12-/m1/s1. The highest BCUT2D eigenvalue weighted by atomic mass is 19.1. The van der Waals surface area contributed by atoms with Crippen LogP contribution in [0.4, 0.5) is 4.39 Å². The van der Waals surface area contributed by atoms with Crippen molar-refractivity contribution in [2.24, 2.45) is 5.92 Å². The molecule has 1 atom stereocenters. The van der Waals surface area contributed by atoms with Gasteiger partial charge in [-0.25, -0.2) is 4.39 Å². The first-order valence-corrected chi connectivity index (χ1v) is 5.20. The number of fused-ring (bicyclic) bond motifs is 1. The Bertz CT molecular complexity index is 333. The molecule has 0 spiro atoms. The summed E-state index contributed by atoms with van der Waals surface area (Å²) in [5.74, 6) is 0.383. The van der Waals surface area contributed by atoms with E-state index in [9.17, 15) is 4.39 Å². The van der Waals surface area contributed by atoms with Gasteiger partial charge in [0.25, 0.3) is 0 Å². The molecule has 1 aromatic carbocycles. The summed E-state index contributed by atoms with van der Waals surface area (Å²) in [5.41, 5.74) is 2.44. The molecule has 0 saturated carbocycles. The summed E-state index contributed by atoms with van der Waals surface area (Å²) in [4.78, 5) is 0. The smallest absolute Gasteiger partial charge is 0.123 e. The zero-order valence-electron chi connectivity index (χ0n) is 8.68. The van der Waals surface area contributed by atoms with E-state index in [0.717, 1.165) is 18.5 Å². The summed E-state index contributed by atoms with van der Waals surface area (Å²) in [6.45, 7) is 5.33. The maximum absolute atomic E-state index is 13.1. The van der Waals surface area contributed by atoms with Crippen molar-refractivity contribution >= 4 is 0 Å². The van der Waals surface area contributed by atoms with Crippen molar-refractivity contribution in [2.75, 3.05) is 6.54 Å². The molecule has 0 fully saturated rings. The molecule has 1 aliphatic rings. The van der Waals surface area contributed by atoms with Gasteiger partial charge in [-0.15, -0.1) is 0 Å². The van der Waals surface area contributed by atoms with Gasteiger partial charge in [-0.2, -0.15) is 0 Å². The third-order valence-corrected chi connectivity index (χ3v) is 2.87. The molecule has 1 nitrogen and oxygen atoms in total. The molecule has 0 saturated heterocycles. The topological polar surface area (TPSA) is 12.0 Å². The molecule has 1 aliphatic heterocycles. The van der Waals surface area contributed by atoms with Crippen LogP contribution in [0.2, 0.25) is 0 Å². The SMILES string of the molecule is CC(C)[C@H]1NCCc2ccc(F)cc21. The van der Waals surface area contributed by atoms with E-state index in [1.807, 2.05) is 6.07 Å². The van der Waals surface area contributed by atoms with Gasteiger partial charge in [-0.3, -0.25) is 0 Å². The quantitative estimate of drug-likeness (QED) is 0.723. The maximum atomic E-state index is 13.1. The second-order valence-electron chi connectivity index (χ2n) is 4.27. The molecule has 1 heterocycles. The average molecular weight is 193 g/mol. The normalized spacial score (nSPS) is 21.0. The summed E-state index contributed by atoms with van der Waals surface area (Å²) in [6.07, 6.45) is 1.01. The number of hydrogen-bond donors (Lipinski definition) is 1. The van der Waals surface area contributed by atoms with E-state index in [0.29, 0.717) is 12.0 Å². The summed E-state index contributed by atoms with van der Waals surface area (Å²) in [7, 11) is 0. The van der Waals surface area contributed by atoms with Crippen molar-refractivity contribution < 1.29 is 4.39 Å². The van der Waals surface area contributed by atoms with Crippen LogP contribution in [0.25, 0.3) is 0 Å². The fraction of sp³-hybridized carbons (Fsp3) is 0.500. The minimum atomic E-state index is -0.127. The van der Waals surface area contributed by atoms with Crippen LogP contribution in [0.3, 0.4) is 0 Å². The fourth-order valence-electron chi connectivity index (χ4n) is 2.15. The van der Waals surface area contributed by atoms with Crippen molar-refractivity contribution in [3.8, 4) is 0 Å². The zero-order chi connectivity index (χ0) is 10.1. The van der Waals surface area contributed by atoms with Gasteiger partial charge in [-0.05, 0) is 42.1 Å². The van der Waals surface area contributed by atoms with Gasteiger partial charge in [0.1, 0.15) is 5.82 Å². The Labute approximate surface area is 84.3 Å². The highest BCUT2D eigenvalue weighted by molar-refractivity contribution is 5.33. The Morgan fingerprint density at radius 2 is 2.21 bits per heavy atom. The van der Waals surface area contributed by atoms with Crippen LogP contribution in [0.1, 0.15) is 31.0 Å². The van der Waals surface area contributed by atoms with Crippen LogP contribution in [0.15, 0.2) is 18.2 Å². The molecular weight excluding hydrogens is 177 g/mol. The molecule has 0 bridgehead atoms. The molecule has 0 aliphatic carbocycles. The molecule has 1 N–H and O–H groups in total. The third kappa shape index (κ3) is 1.67. The molecule has 0 aromatic heterocycles. The predicted molar refractivity (Wildman–Crippen MR) is 55.7 cm³/mol. The minimum Gasteiger partial charge on any atom is -0.309 e. The molecule has 76 valence electrons. The molecular formula is C12H16FN. The second kappa shape index (κ2) is 3.70. The minimum absolute atomic E-state index is 0.127. The third-order valence-electron chi connectivity index (χ3n) is 2.87. The first kappa shape index (κ1) is 9.66. The largest absolute Gasteiger partial charge is 0.309 e. The van der Waals surface area contributed by atoms with Crippen LogP contribution in [0, 0.1) is 11.7 Å². The van der Waals surface area contributed by atoms with E-state index in [4.69, 9.17) is 0 Å². The maximum Gasteiger partial charge on any atom is 0.123 e. The van der Waals surface area contributed by atoms with Crippen LogP contribution in [-0.2, 0) is 6.42 Å². The summed E-state index contributed by atoms with van der Waals surface area (Å²) in [5, 5.41) is 3.44. The Morgan fingerprint density at radius 1 is 1.43 bits per heavy atom. The monoisotopic (exact) mass is 193 g/mol. The highest BCUT2D eigenvalue weighted by Gasteiger charge is 2.22. The first-order chi connectivity index (χ1) is 6.68. The summed E-state index contributed by atoms with van der Waals surface area (Å²) < 4.78 is 13.1. The van der Waals surface area contributed by atoms with Gasteiger partial charge in [0.15, 0.2) is 0 Å². The van der Waals surface area contributed by atoms with Crippen molar-refractivity contribution in [2.45, 2.75) is 26.3 Å². The van der Waals surface area contributed by atoms with E-state index in [1.54, 1.807) is 12.1 Å². The van der Waals surface area contributed by atoms with Crippen molar-refractivity contribution in [3.05, 3.63) is 35.1 Å². The molecule has 2 heteroatoms. The molecule has 0 radical (unpaired) electrons. The Balaban J connectivity index is 2.41. The van der Waals surface area contributed by atoms with Gasteiger partial charge in [-0.1, -0.05) is 19.9 Å². The van der Waals surface area contributed by atoms with E-state index >= 15 is 0 Å². The Kier molecular flexibility index (Phi) is 2.55. The molecule has 2 rings (SSSR count). The van der Waals surface area contributed by atoms with E-state index in [1.165, 1.54) is 5.56 Å². The lowest BCUT2D eigenvalue weighted by molar-refractivity contribution is 0.393. The van der Waals surface area contributed by atoms with Crippen LogP contribution >= 0.6 is 0 Å². The van der Waals surface area contributed by atoms with E-state index < -0.39 is 0 Å². The first-order valence-electron chi connectivity index (χ1n) is 5.20. The van der Waals surface area contributed by atoms with Crippen LogP contribution in [-0.4, -0.2) is 6.54 Å². The lowest BCUT2D eigenvalue weighted by atomic mass is 9.88. The van der Waals surface area contributed by atoms with Crippen LogP contribution < -0.4 is 5.32 Å². The number of halogens is 1. The number of hydrogen-bond acceptors (Lipinski definition) is 1. The lowest BCUT2D eigenvalue weighted by Crippen LogP contribution is -2.33. The number of nitrogens with one attached hydrogen (secondary N) is 1. The molecule has 1 aromatic rings. The van der Waals surface area contributed by atoms with Crippen LogP contribution in [0.5, 0.6) is 0 Å². The van der Waals surface area contributed by atoms with Crippen molar-refractivity contribution in [3.63, 3.8) is 0 Å². The predicted octanol–water partition coefficient (Wildman–Crippen LogP) is 2.67. The van der Waals surface area contributed by atoms with Gasteiger partial charge in [0.05, 0.1) is 0 Å². The molecule has 0 unspecified atom stereocenters. The van der Waals surface area contributed by atoms with E-state index in [-0.39, 0.29) is 5.82 Å². The summed E-state index contributed by atoms with van der Waals surface area (Å²) >= 11 is 0. The molecule has 14 heavy (non-hydrogen) atoms.